The summed E-state index contributed by atoms with van der Waals surface area (Å²) in [6.07, 6.45) is 1.72. The van der Waals surface area contributed by atoms with Gasteiger partial charge < -0.3 is 20.0 Å². The summed E-state index contributed by atoms with van der Waals surface area (Å²) in [7, 11) is 3.89. The van der Waals surface area contributed by atoms with E-state index in [-0.39, 0.29) is 17.7 Å². The van der Waals surface area contributed by atoms with Crippen molar-refractivity contribution >= 4 is 23.4 Å². The third-order valence-corrected chi connectivity index (χ3v) is 5.00. The fraction of sp³-hybridized carbons (Fsp3) is 0.526. The lowest BCUT2D eigenvalue weighted by molar-refractivity contribution is -0.134. The highest BCUT2D eigenvalue weighted by Gasteiger charge is 2.32. The van der Waals surface area contributed by atoms with E-state index in [1.165, 1.54) is 0 Å². The Hall–Kier alpha value is -2.57. The number of nitrogens with zero attached hydrogens (tertiary/aromatic N) is 3. The van der Waals surface area contributed by atoms with Gasteiger partial charge in [-0.1, -0.05) is 6.07 Å². The van der Waals surface area contributed by atoms with Gasteiger partial charge in [0.05, 0.1) is 0 Å². The third-order valence-electron chi connectivity index (χ3n) is 5.00. The Morgan fingerprint density at radius 2 is 1.85 bits per heavy atom. The number of hydrogen-bond acceptors (Lipinski definition) is 4. The van der Waals surface area contributed by atoms with Crippen molar-refractivity contribution in [2.75, 3.05) is 45.2 Å². The molecule has 2 heterocycles. The molecule has 3 amide bonds. The molecule has 7 nitrogen and oxygen atoms in total. The molecule has 1 aromatic carbocycles. The van der Waals surface area contributed by atoms with Gasteiger partial charge in [-0.25, -0.2) is 0 Å². The summed E-state index contributed by atoms with van der Waals surface area (Å²) in [5.41, 5.74) is 1.65. The van der Waals surface area contributed by atoms with Gasteiger partial charge in [0.1, 0.15) is 6.04 Å². The molecule has 1 aromatic rings. The van der Waals surface area contributed by atoms with E-state index in [0.29, 0.717) is 44.6 Å². The van der Waals surface area contributed by atoms with Crippen LogP contribution in [0, 0.1) is 0 Å². The predicted molar refractivity (Wildman–Crippen MR) is 99.0 cm³/mol. The first kappa shape index (κ1) is 18.2. The van der Waals surface area contributed by atoms with Gasteiger partial charge >= 0.3 is 0 Å². The van der Waals surface area contributed by atoms with Crippen LogP contribution in [-0.4, -0.2) is 73.8 Å². The standard InChI is InChI=1S/C19H26N4O3/c1-21(2)15-6-3-5-14(13-15)18(25)22-9-4-10-23(12-11-22)19(26)16-7-8-17(24)20-16/h3,5-6,13,16H,4,7-12H2,1-2H3,(H,20,24). The van der Waals surface area contributed by atoms with Crippen LogP contribution in [0.1, 0.15) is 29.6 Å². The lowest BCUT2D eigenvalue weighted by Gasteiger charge is -2.24. The zero-order valence-electron chi connectivity index (χ0n) is 15.4. The van der Waals surface area contributed by atoms with Crippen LogP contribution < -0.4 is 10.2 Å². The Kier molecular flexibility index (Phi) is 5.44. The summed E-state index contributed by atoms with van der Waals surface area (Å²) in [6, 6.07) is 7.18. The van der Waals surface area contributed by atoms with E-state index in [1.54, 1.807) is 4.90 Å². The predicted octanol–water partition coefficient (Wildman–Crippen LogP) is 0.706. The zero-order chi connectivity index (χ0) is 18.7. The number of hydrogen-bond donors (Lipinski definition) is 1. The average molecular weight is 358 g/mol. The highest BCUT2D eigenvalue weighted by Crippen LogP contribution is 2.17. The van der Waals surface area contributed by atoms with Crippen LogP contribution in [0.5, 0.6) is 0 Å². The number of anilines is 1. The van der Waals surface area contributed by atoms with Gasteiger partial charge in [0.15, 0.2) is 0 Å². The molecule has 1 N–H and O–H groups in total. The number of rotatable bonds is 3. The molecular formula is C19H26N4O3. The molecule has 140 valence electrons. The maximum Gasteiger partial charge on any atom is 0.253 e. The van der Waals surface area contributed by atoms with Crippen molar-refractivity contribution < 1.29 is 14.4 Å². The van der Waals surface area contributed by atoms with Gasteiger partial charge in [-0.2, -0.15) is 0 Å². The van der Waals surface area contributed by atoms with Crippen molar-refractivity contribution in [2.45, 2.75) is 25.3 Å². The number of nitrogens with one attached hydrogen (secondary N) is 1. The van der Waals surface area contributed by atoms with E-state index in [4.69, 9.17) is 0 Å². The lowest BCUT2D eigenvalue weighted by Crippen LogP contribution is -2.46. The van der Waals surface area contributed by atoms with Crippen molar-refractivity contribution in [3.63, 3.8) is 0 Å². The Bertz CT molecular complexity index is 704. The molecular weight excluding hydrogens is 332 g/mol. The molecule has 1 unspecified atom stereocenters. The SMILES string of the molecule is CN(C)c1cccc(C(=O)N2CCCN(C(=O)C3CCC(=O)N3)CC2)c1. The van der Waals surface area contributed by atoms with Crippen molar-refractivity contribution in [3.05, 3.63) is 29.8 Å². The van der Waals surface area contributed by atoms with Crippen LogP contribution >= 0.6 is 0 Å². The van der Waals surface area contributed by atoms with Crippen LogP contribution in [0.15, 0.2) is 24.3 Å². The Morgan fingerprint density at radius 1 is 1.12 bits per heavy atom. The van der Waals surface area contributed by atoms with Crippen LogP contribution in [0.25, 0.3) is 0 Å². The van der Waals surface area contributed by atoms with Crippen molar-refractivity contribution in [2.24, 2.45) is 0 Å². The van der Waals surface area contributed by atoms with E-state index < -0.39 is 6.04 Å². The van der Waals surface area contributed by atoms with E-state index >= 15 is 0 Å². The largest absolute Gasteiger partial charge is 0.378 e. The maximum absolute atomic E-state index is 12.9. The quantitative estimate of drug-likeness (QED) is 0.864. The minimum absolute atomic E-state index is 0.00262. The van der Waals surface area contributed by atoms with Gasteiger partial charge in [-0.15, -0.1) is 0 Å². The van der Waals surface area contributed by atoms with Gasteiger partial charge in [0.2, 0.25) is 11.8 Å². The second-order valence-corrected chi connectivity index (χ2v) is 7.07. The summed E-state index contributed by atoms with van der Waals surface area (Å²) >= 11 is 0. The summed E-state index contributed by atoms with van der Waals surface area (Å²) < 4.78 is 0. The monoisotopic (exact) mass is 358 g/mol. The molecule has 2 aliphatic rings. The maximum atomic E-state index is 12.9. The second-order valence-electron chi connectivity index (χ2n) is 7.07. The molecule has 0 aliphatic carbocycles. The Labute approximate surface area is 153 Å². The first-order valence-corrected chi connectivity index (χ1v) is 9.10. The summed E-state index contributed by atoms with van der Waals surface area (Å²) in [5.74, 6) is -0.0901. The molecule has 2 fully saturated rings. The smallest absolute Gasteiger partial charge is 0.253 e. The number of carbonyl (C=O) groups is 3. The molecule has 0 saturated carbocycles. The number of carbonyl (C=O) groups excluding carboxylic acids is 3. The molecule has 1 atom stereocenters. The topological polar surface area (TPSA) is 73.0 Å². The Morgan fingerprint density at radius 3 is 2.54 bits per heavy atom. The summed E-state index contributed by atoms with van der Waals surface area (Å²) in [6.45, 7) is 2.26. The first-order valence-electron chi connectivity index (χ1n) is 9.10. The highest BCUT2D eigenvalue weighted by molar-refractivity contribution is 5.95. The molecule has 3 rings (SSSR count). The highest BCUT2D eigenvalue weighted by atomic mass is 16.2. The lowest BCUT2D eigenvalue weighted by atomic mass is 10.1. The van der Waals surface area contributed by atoms with E-state index in [1.807, 2.05) is 48.2 Å². The summed E-state index contributed by atoms with van der Waals surface area (Å²) in [4.78, 5) is 42.3. The van der Waals surface area contributed by atoms with Crippen LogP contribution in [0.4, 0.5) is 5.69 Å². The fourth-order valence-electron chi connectivity index (χ4n) is 3.46. The number of benzene rings is 1. The van der Waals surface area contributed by atoms with E-state index in [0.717, 1.165) is 12.1 Å². The van der Waals surface area contributed by atoms with Gasteiger partial charge in [-0.05, 0) is 31.0 Å². The number of amides is 3. The van der Waals surface area contributed by atoms with Crippen LogP contribution in [-0.2, 0) is 9.59 Å². The molecule has 0 bridgehead atoms. The molecule has 0 aromatic heterocycles. The van der Waals surface area contributed by atoms with Crippen molar-refractivity contribution in [3.8, 4) is 0 Å². The summed E-state index contributed by atoms with van der Waals surface area (Å²) in [5, 5.41) is 2.73. The normalized spacial score (nSPS) is 20.5. The van der Waals surface area contributed by atoms with Gasteiger partial charge in [0.25, 0.3) is 5.91 Å². The fourth-order valence-corrected chi connectivity index (χ4v) is 3.46. The van der Waals surface area contributed by atoms with Crippen LogP contribution in [0.2, 0.25) is 0 Å². The molecule has 0 spiro atoms. The minimum Gasteiger partial charge on any atom is -0.378 e. The van der Waals surface area contributed by atoms with Crippen molar-refractivity contribution in [1.82, 2.24) is 15.1 Å². The zero-order valence-corrected chi connectivity index (χ0v) is 15.4. The van der Waals surface area contributed by atoms with E-state index in [9.17, 15) is 14.4 Å². The third kappa shape index (κ3) is 3.98. The molecule has 7 heteroatoms. The Balaban J connectivity index is 1.63. The second kappa shape index (κ2) is 7.76. The average Bonchev–Trinajstić information content (AvgIpc) is 2.92. The van der Waals surface area contributed by atoms with Crippen molar-refractivity contribution in [1.29, 1.82) is 0 Å². The molecule has 2 aliphatic heterocycles. The van der Waals surface area contributed by atoms with Gasteiger partial charge in [-0.3, -0.25) is 14.4 Å². The first-order chi connectivity index (χ1) is 12.5. The van der Waals surface area contributed by atoms with E-state index in [2.05, 4.69) is 5.32 Å². The molecule has 0 radical (unpaired) electrons. The van der Waals surface area contributed by atoms with Gasteiger partial charge in [0, 0.05) is 57.9 Å². The van der Waals surface area contributed by atoms with Crippen LogP contribution in [0.3, 0.4) is 0 Å². The molecule has 26 heavy (non-hydrogen) atoms. The minimum atomic E-state index is -0.401. The molecule has 2 saturated heterocycles.